The molecule has 1 aliphatic rings. The Morgan fingerprint density at radius 1 is 1.00 bits per heavy atom. The van der Waals surface area contributed by atoms with E-state index in [0.717, 1.165) is 0 Å². The minimum Gasteiger partial charge on any atom is -0.358 e. The van der Waals surface area contributed by atoms with Crippen molar-refractivity contribution in [1.29, 1.82) is 0 Å². The van der Waals surface area contributed by atoms with E-state index < -0.39 is 10.1 Å². The molecule has 3 aromatic carbocycles. The van der Waals surface area contributed by atoms with E-state index in [0.29, 0.717) is 38.4 Å². The molecule has 1 amide bonds. The summed E-state index contributed by atoms with van der Waals surface area (Å²) >= 11 is 12.3. The molecule has 0 saturated heterocycles. The second kappa shape index (κ2) is 7.23. The van der Waals surface area contributed by atoms with Crippen LogP contribution in [0.2, 0.25) is 10.0 Å². The summed E-state index contributed by atoms with van der Waals surface area (Å²) < 4.78 is 33.5. The maximum absolute atomic E-state index is 13.3. The zero-order chi connectivity index (χ0) is 22.8. The van der Waals surface area contributed by atoms with Gasteiger partial charge < -0.3 is 9.08 Å². The molecule has 2 heterocycles. The van der Waals surface area contributed by atoms with E-state index in [9.17, 15) is 13.2 Å². The zero-order valence-electron chi connectivity index (χ0n) is 16.8. The van der Waals surface area contributed by atoms with Crippen LogP contribution in [0, 0.1) is 6.92 Å². The second-order valence-corrected chi connectivity index (χ2v) is 9.70. The van der Waals surface area contributed by atoms with Crippen LogP contribution < -0.4 is 9.08 Å². The molecule has 0 radical (unpaired) electrons. The molecule has 1 aliphatic heterocycles. The maximum Gasteiger partial charge on any atom is 0.341 e. The van der Waals surface area contributed by atoms with Gasteiger partial charge in [-0.15, -0.1) is 0 Å². The first kappa shape index (κ1) is 20.8. The van der Waals surface area contributed by atoms with E-state index in [1.165, 1.54) is 27.8 Å². The SMILES string of the molecule is Cc1cc(OS(=O)(=O)c2ccc3c4c(cccc24)C(=O)N3C)n(-c2ccc(Cl)cc2Cl)n1. The Bertz CT molecular complexity index is 1550. The van der Waals surface area contributed by atoms with Crippen molar-refractivity contribution in [2.75, 3.05) is 11.9 Å². The Balaban J connectivity index is 1.63. The standard InChI is InChI=1S/C22H15Cl2N3O4S/c1-12-10-20(27(25-12)17-7-6-13(23)11-16(17)24)31-32(29,30)19-9-8-18-21-14(19)4-3-5-15(21)22(28)26(18)2/h3-11H,1-2H3. The molecule has 0 N–H and O–H groups in total. The van der Waals surface area contributed by atoms with Gasteiger partial charge in [-0.1, -0.05) is 35.3 Å². The highest BCUT2D eigenvalue weighted by atomic mass is 35.5. The normalized spacial score (nSPS) is 13.2. The number of carbonyl (C=O) groups is 1. The summed E-state index contributed by atoms with van der Waals surface area (Å²) in [6.07, 6.45) is 0. The third kappa shape index (κ3) is 3.14. The highest BCUT2D eigenvalue weighted by Gasteiger charge is 2.31. The minimum atomic E-state index is -4.28. The number of nitrogens with zero attached hydrogens (tertiary/aromatic N) is 3. The van der Waals surface area contributed by atoms with Crippen LogP contribution in [0.5, 0.6) is 5.88 Å². The van der Waals surface area contributed by atoms with E-state index in [1.807, 2.05) is 0 Å². The van der Waals surface area contributed by atoms with Crippen LogP contribution in [-0.2, 0) is 10.1 Å². The number of aromatic nitrogens is 2. The van der Waals surface area contributed by atoms with Crippen LogP contribution in [0.3, 0.4) is 0 Å². The fourth-order valence-electron chi connectivity index (χ4n) is 3.85. The Kier molecular flexibility index (Phi) is 4.70. The van der Waals surface area contributed by atoms with E-state index >= 15 is 0 Å². The molecule has 10 heteroatoms. The molecule has 7 nitrogen and oxygen atoms in total. The third-order valence-electron chi connectivity index (χ3n) is 5.28. The van der Waals surface area contributed by atoms with Gasteiger partial charge in [0.1, 0.15) is 4.90 Å². The van der Waals surface area contributed by atoms with Gasteiger partial charge >= 0.3 is 10.1 Å². The smallest absolute Gasteiger partial charge is 0.341 e. The van der Waals surface area contributed by atoms with Crippen molar-refractivity contribution in [2.45, 2.75) is 11.8 Å². The predicted molar refractivity (Wildman–Crippen MR) is 123 cm³/mol. The summed E-state index contributed by atoms with van der Waals surface area (Å²) in [5.41, 5.74) is 2.05. The third-order valence-corrected chi connectivity index (χ3v) is 7.10. The number of rotatable bonds is 4. The molecule has 32 heavy (non-hydrogen) atoms. The Morgan fingerprint density at radius 3 is 2.50 bits per heavy atom. The largest absolute Gasteiger partial charge is 0.358 e. The minimum absolute atomic E-state index is 0.0248. The first-order valence-corrected chi connectivity index (χ1v) is 11.6. The van der Waals surface area contributed by atoms with Gasteiger partial charge in [0.15, 0.2) is 0 Å². The first-order valence-electron chi connectivity index (χ1n) is 9.48. The number of halogens is 2. The average Bonchev–Trinajstić information content (AvgIpc) is 3.21. The molecule has 0 aliphatic carbocycles. The van der Waals surface area contributed by atoms with Gasteiger partial charge in [0.25, 0.3) is 5.91 Å². The van der Waals surface area contributed by atoms with Gasteiger partial charge in [-0.05, 0) is 43.3 Å². The second-order valence-electron chi connectivity index (χ2n) is 7.34. The molecular formula is C22H15Cl2N3O4S. The molecular weight excluding hydrogens is 473 g/mol. The molecule has 1 aromatic heterocycles. The van der Waals surface area contributed by atoms with Crippen molar-refractivity contribution in [3.8, 4) is 11.6 Å². The van der Waals surface area contributed by atoms with Crippen molar-refractivity contribution in [1.82, 2.24) is 9.78 Å². The van der Waals surface area contributed by atoms with Crippen molar-refractivity contribution in [3.05, 3.63) is 75.9 Å². The summed E-state index contributed by atoms with van der Waals surface area (Å²) in [5.74, 6) is -0.213. The number of hydrogen-bond donors (Lipinski definition) is 0. The predicted octanol–water partition coefficient (Wildman–Crippen LogP) is 5.00. The van der Waals surface area contributed by atoms with E-state index in [2.05, 4.69) is 5.10 Å². The monoisotopic (exact) mass is 487 g/mol. The molecule has 5 rings (SSSR count). The molecule has 0 unspecified atom stereocenters. The number of aryl methyl sites for hydroxylation is 1. The quantitative estimate of drug-likeness (QED) is 0.378. The van der Waals surface area contributed by atoms with Crippen LogP contribution in [0.1, 0.15) is 16.1 Å². The number of carbonyl (C=O) groups excluding carboxylic acids is 1. The van der Waals surface area contributed by atoms with Crippen molar-refractivity contribution >= 4 is 55.7 Å². The van der Waals surface area contributed by atoms with E-state index in [-0.39, 0.29) is 21.7 Å². The van der Waals surface area contributed by atoms with Gasteiger partial charge in [-0.3, -0.25) is 4.79 Å². The molecule has 4 aromatic rings. The summed E-state index contributed by atoms with van der Waals surface area (Å²) in [6.45, 7) is 1.71. The van der Waals surface area contributed by atoms with Crippen molar-refractivity contribution in [2.24, 2.45) is 0 Å². The molecule has 0 atom stereocenters. The van der Waals surface area contributed by atoms with Crippen LogP contribution in [0.25, 0.3) is 16.5 Å². The van der Waals surface area contributed by atoms with Crippen LogP contribution in [0.4, 0.5) is 5.69 Å². The number of anilines is 1. The highest BCUT2D eigenvalue weighted by molar-refractivity contribution is 7.87. The number of amides is 1. The van der Waals surface area contributed by atoms with Gasteiger partial charge in [-0.25, -0.2) is 0 Å². The molecule has 0 spiro atoms. The van der Waals surface area contributed by atoms with Gasteiger partial charge in [0, 0.05) is 34.5 Å². The molecule has 0 saturated carbocycles. The summed E-state index contributed by atoms with van der Waals surface area (Å²) in [6, 6.07) is 14.3. The van der Waals surface area contributed by atoms with Crippen LogP contribution in [0.15, 0.2) is 59.5 Å². The zero-order valence-corrected chi connectivity index (χ0v) is 19.2. The Morgan fingerprint density at radius 2 is 1.75 bits per heavy atom. The Labute approximate surface area is 193 Å². The first-order chi connectivity index (χ1) is 15.2. The van der Waals surface area contributed by atoms with Gasteiger partial charge in [0.05, 0.1) is 22.1 Å². The fraction of sp³-hybridized carbons (Fsp3) is 0.0909. The lowest BCUT2D eigenvalue weighted by Gasteiger charge is -2.13. The van der Waals surface area contributed by atoms with E-state index in [1.54, 1.807) is 50.4 Å². The van der Waals surface area contributed by atoms with Gasteiger partial charge in [-0.2, -0.15) is 18.2 Å². The Hall–Kier alpha value is -3.07. The maximum atomic E-state index is 13.3. The summed E-state index contributed by atoms with van der Waals surface area (Å²) in [4.78, 5) is 13.9. The number of hydrogen-bond acceptors (Lipinski definition) is 5. The van der Waals surface area contributed by atoms with Gasteiger partial charge in [0.2, 0.25) is 5.88 Å². The van der Waals surface area contributed by atoms with E-state index in [4.69, 9.17) is 27.4 Å². The number of benzene rings is 3. The van der Waals surface area contributed by atoms with Crippen molar-refractivity contribution in [3.63, 3.8) is 0 Å². The molecule has 162 valence electrons. The lowest BCUT2D eigenvalue weighted by Crippen LogP contribution is -2.20. The topological polar surface area (TPSA) is 81.5 Å². The fourth-order valence-corrected chi connectivity index (χ4v) is 5.44. The van der Waals surface area contributed by atoms with Crippen molar-refractivity contribution < 1.29 is 17.4 Å². The highest BCUT2D eigenvalue weighted by Crippen LogP contribution is 2.40. The average molecular weight is 488 g/mol. The summed E-state index contributed by atoms with van der Waals surface area (Å²) in [5, 5.41) is 6.03. The van der Waals surface area contributed by atoms with Crippen LogP contribution in [-0.4, -0.2) is 31.2 Å². The molecule has 0 bridgehead atoms. The lowest BCUT2D eigenvalue weighted by molar-refractivity contribution is 0.0999. The lowest BCUT2D eigenvalue weighted by atomic mass is 10.1. The summed E-state index contributed by atoms with van der Waals surface area (Å²) in [7, 11) is -2.63. The molecule has 0 fully saturated rings. The van der Waals surface area contributed by atoms with Crippen LogP contribution >= 0.6 is 23.2 Å².